The van der Waals surface area contributed by atoms with Crippen molar-refractivity contribution in [2.75, 3.05) is 5.32 Å². The monoisotopic (exact) mass is 577 g/mol. The van der Waals surface area contributed by atoms with Crippen molar-refractivity contribution >= 4 is 33.0 Å². The lowest BCUT2D eigenvalue weighted by atomic mass is 9.51. The zero-order chi connectivity index (χ0) is 28.4. The van der Waals surface area contributed by atoms with Gasteiger partial charge in [0.2, 0.25) is 0 Å². The van der Waals surface area contributed by atoms with Crippen LogP contribution >= 0.6 is 11.6 Å². The Balaban J connectivity index is 1.55. The average Bonchev–Trinajstić information content (AvgIpc) is 2.85. The Labute approximate surface area is 222 Å². The van der Waals surface area contributed by atoms with Crippen molar-refractivity contribution in [1.29, 1.82) is 0 Å². The van der Waals surface area contributed by atoms with Crippen LogP contribution in [0.2, 0.25) is 5.02 Å². The maximum absolute atomic E-state index is 13.5. The van der Waals surface area contributed by atoms with E-state index in [1.54, 1.807) is 0 Å². The lowest BCUT2D eigenvalue weighted by molar-refractivity contribution is -0.267. The largest absolute Gasteiger partial charge is 0.388 e. The number of aliphatic hydroxyl groups is 4. The van der Waals surface area contributed by atoms with Crippen LogP contribution in [-0.4, -0.2) is 63.4 Å². The standard InChI is InChI=1S/C25H27ClF3NO7S/c1-24(2,34)21(31)22(32)25(35)12-6-13(25)8-15(7-12)38(36,37)19-5-11(3-4-16(19)26)23(33)30-14-9-17(27)20(29)18(28)10-14/h3-5,9-10,12-13,15,21-22,31-32,34-35H,6-8H2,1-2H3,(H,30,33). The number of benzene rings is 2. The number of hydrogen-bond acceptors (Lipinski definition) is 7. The fraction of sp³-hybridized carbons (Fsp3) is 0.480. The third-order valence-electron chi connectivity index (χ3n) is 7.65. The first-order chi connectivity index (χ1) is 17.5. The second-order valence-corrected chi connectivity index (χ2v) is 13.2. The minimum atomic E-state index is -4.15. The number of aliphatic hydroxyl groups excluding tert-OH is 2. The SMILES string of the molecule is CC(C)(O)C(O)C(O)C1(O)C2CC1CC(S(=O)(=O)c1cc(C(=O)Nc3cc(F)c(F)c(F)c3)ccc1Cl)C2. The van der Waals surface area contributed by atoms with Crippen LogP contribution in [0.3, 0.4) is 0 Å². The Morgan fingerprint density at radius 1 is 1.08 bits per heavy atom. The van der Waals surface area contributed by atoms with Crippen LogP contribution in [0.25, 0.3) is 0 Å². The summed E-state index contributed by atoms with van der Waals surface area (Å²) < 4.78 is 67.2. The normalized spacial score (nSPS) is 26.8. The molecule has 13 heteroatoms. The highest BCUT2D eigenvalue weighted by molar-refractivity contribution is 7.92. The molecule has 0 saturated heterocycles. The van der Waals surface area contributed by atoms with Crippen LogP contribution in [0.15, 0.2) is 35.2 Å². The molecular weight excluding hydrogens is 551 g/mol. The summed E-state index contributed by atoms with van der Waals surface area (Å²) in [6.07, 6.45) is -3.08. The van der Waals surface area contributed by atoms with Crippen molar-refractivity contribution in [3.8, 4) is 0 Å². The second-order valence-electron chi connectivity index (χ2n) is 10.6. The van der Waals surface area contributed by atoms with Crippen LogP contribution in [0.5, 0.6) is 0 Å². The zero-order valence-corrected chi connectivity index (χ0v) is 21.9. The van der Waals surface area contributed by atoms with Crippen LogP contribution < -0.4 is 5.32 Å². The molecule has 0 aliphatic heterocycles. The smallest absolute Gasteiger partial charge is 0.255 e. The highest BCUT2D eigenvalue weighted by Crippen LogP contribution is 2.58. The van der Waals surface area contributed by atoms with Gasteiger partial charge in [0.05, 0.1) is 26.4 Å². The van der Waals surface area contributed by atoms with Crippen molar-refractivity contribution < 1.29 is 46.8 Å². The summed E-state index contributed by atoms with van der Waals surface area (Å²) in [5, 5.41) is 43.1. The van der Waals surface area contributed by atoms with Gasteiger partial charge in [-0.3, -0.25) is 4.79 Å². The van der Waals surface area contributed by atoms with E-state index < -0.39 is 73.7 Å². The minimum Gasteiger partial charge on any atom is -0.388 e. The molecule has 0 heterocycles. The molecule has 2 bridgehead atoms. The number of anilines is 1. The number of hydrogen-bond donors (Lipinski definition) is 5. The maximum atomic E-state index is 13.5. The van der Waals surface area contributed by atoms with Crippen LogP contribution in [0, 0.1) is 29.3 Å². The summed E-state index contributed by atoms with van der Waals surface area (Å²) in [7, 11) is -4.15. The van der Waals surface area contributed by atoms with Gasteiger partial charge in [-0.2, -0.15) is 0 Å². The molecule has 4 unspecified atom stereocenters. The Morgan fingerprint density at radius 3 is 2.16 bits per heavy atom. The van der Waals surface area contributed by atoms with Gasteiger partial charge in [-0.25, -0.2) is 21.6 Å². The fourth-order valence-corrected chi connectivity index (χ4v) is 7.85. The number of carbonyl (C=O) groups is 1. The lowest BCUT2D eigenvalue weighted by Gasteiger charge is -2.61. The quantitative estimate of drug-likeness (QED) is 0.318. The summed E-state index contributed by atoms with van der Waals surface area (Å²) in [4.78, 5) is 12.3. The van der Waals surface area contributed by atoms with Crippen molar-refractivity contribution in [3.05, 3.63) is 58.4 Å². The predicted octanol–water partition coefficient (Wildman–Crippen LogP) is 2.81. The first-order valence-electron chi connectivity index (χ1n) is 11.8. The fourth-order valence-electron chi connectivity index (χ4n) is 5.44. The van der Waals surface area contributed by atoms with Gasteiger partial charge in [-0.15, -0.1) is 0 Å². The van der Waals surface area contributed by atoms with Crippen molar-refractivity contribution in [3.63, 3.8) is 0 Å². The van der Waals surface area contributed by atoms with Crippen molar-refractivity contribution in [1.82, 2.24) is 0 Å². The Kier molecular flexibility index (Phi) is 7.39. The highest BCUT2D eigenvalue weighted by Gasteiger charge is 2.65. The Bertz CT molecular complexity index is 1350. The summed E-state index contributed by atoms with van der Waals surface area (Å²) in [5.41, 5.74) is -4.07. The summed E-state index contributed by atoms with van der Waals surface area (Å²) >= 11 is 6.17. The highest BCUT2D eigenvalue weighted by atomic mass is 35.5. The van der Waals surface area contributed by atoms with Crippen molar-refractivity contribution in [2.24, 2.45) is 11.8 Å². The van der Waals surface area contributed by atoms with Gasteiger partial charge in [0, 0.05) is 23.4 Å². The Morgan fingerprint density at radius 2 is 1.63 bits per heavy atom. The van der Waals surface area contributed by atoms with E-state index in [0.29, 0.717) is 18.6 Å². The van der Waals surface area contributed by atoms with Gasteiger partial charge >= 0.3 is 0 Å². The number of rotatable bonds is 7. The molecule has 0 spiro atoms. The Hall–Kier alpha value is -2.22. The summed E-state index contributed by atoms with van der Waals surface area (Å²) in [5.74, 6) is -7.02. The second kappa shape index (κ2) is 9.76. The number of carbonyl (C=O) groups excluding carboxylic acids is 1. The third kappa shape index (κ3) is 4.82. The zero-order valence-electron chi connectivity index (χ0n) is 20.3. The molecule has 8 nitrogen and oxygen atoms in total. The van der Waals surface area contributed by atoms with Gasteiger partial charge < -0.3 is 25.7 Å². The molecule has 0 radical (unpaired) electrons. The van der Waals surface area contributed by atoms with Crippen LogP contribution in [-0.2, 0) is 9.84 Å². The molecule has 3 fully saturated rings. The van der Waals surface area contributed by atoms with Gasteiger partial charge in [0.15, 0.2) is 27.3 Å². The molecule has 1 amide bonds. The average molecular weight is 578 g/mol. The van der Waals surface area contributed by atoms with Crippen molar-refractivity contribution in [2.45, 2.75) is 66.7 Å². The first-order valence-corrected chi connectivity index (χ1v) is 13.7. The van der Waals surface area contributed by atoms with E-state index in [9.17, 15) is 46.8 Å². The first kappa shape index (κ1) is 28.8. The molecule has 2 aromatic rings. The van der Waals surface area contributed by atoms with Gasteiger partial charge in [0.1, 0.15) is 12.2 Å². The van der Waals surface area contributed by atoms with E-state index in [-0.39, 0.29) is 34.0 Å². The molecule has 3 saturated carbocycles. The van der Waals surface area contributed by atoms with E-state index in [1.165, 1.54) is 26.0 Å². The van der Waals surface area contributed by atoms with Gasteiger partial charge in [0.25, 0.3) is 5.91 Å². The third-order valence-corrected chi connectivity index (χ3v) is 10.3. The molecule has 5 N–H and O–H groups in total. The van der Waals surface area contributed by atoms with E-state index >= 15 is 0 Å². The minimum absolute atomic E-state index is 0.0636. The molecule has 3 aliphatic rings. The molecule has 0 aromatic heterocycles. The molecule has 208 valence electrons. The molecule has 5 rings (SSSR count). The number of halogens is 4. The molecule has 2 aromatic carbocycles. The number of amides is 1. The topological polar surface area (TPSA) is 144 Å². The van der Waals surface area contributed by atoms with E-state index in [1.807, 2.05) is 0 Å². The molecule has 4 atom stereocenters. The number of fused-ring (bicyclic) bond motifs is 2. The maximum Gasteiger partial charge on any atom is 0.255 e. The number of sulfone groups is 1. The van der Waals surface area contributed by atoms with E-state index in [4.69, 9.17) is 11.6 Å². The van der Waals surface area contributed by atoms with Gasteiger partial charge in [-0.1, -0.05) is 11.6 Å². The summed E-state index contributed by atoms with van der Waals surface area (Å²) in [6, 6.07) is 4.55. The van der Waals surface area contributed by atoms with Crippen LogP contribution in [0.1, 0.15) is 43.5 Å². The van der Waals surface area contributed by atoms with E-state index in [0.717, 1.165) is 6.07 Å². The predicted molar refractivity (Wildman–Crippen MR) is 131 cm³/mol. The molecular formula is C25H27ClF3NO7S. The summed E-state index contributed by atoms with van der Waals surface area (Å²) in [6.45, 7) is 2.56. The van der Waals surface area contributed by atoms with Gasteiger partial charge in [-0.05, 0) is 63.1 Å². The van der Waals surface area contributed by atoms with E-state index in [2.05, 4.69) is 5.32 Å². The lowest BCUT2D eigenvalue weighted by Crippen LogP contribution is -2.71. The molecule has 38 heavy (non-hydrogen) atoms. The molecule has 3 aliphatic carbocycles. The van der Waals surface area contributed by atoms with Crippen LogP contribution in [0.4, 0.5) is 18.9 Å². The number of nitrogens with one attached hydrogen (secondary N) is 1.